The Labute approximate surface area is 129 Å². The van der Waals surface area contributed by atoms with Crippen LogP contribution in [0.1, 0.15) is 12.5 Å². The number of benzene rings is 2. The molecule has 0 heterocycles. The highest BCUT2D eigenvalue weighted by molar-refractivity contribution is 7.92. The Morgan fingerprint density at radius 2 is 1.64 bits per heavy atom. The predicted octanol–water partition coefficient (Wildman–Crippen LogP) is 2.53. The van der Waals surface area contributed by atoms with Crippen molar-refractivity contribution in [2.75, 3.05) is 10.8 Å². The molecule has 22 heavy (non-hydrogen) atoms. The van der Waals surface area contributed by atoms with Crippen LogP contribution in [0.3, 0.4) is 0 Å². The molecule has 0 spiro atoms. The number of carboxylic acid groups (broad SMARTS) is 1. The number of aliphatic carboxylic acids is 1. The van der Waals surface area contributed by atoms with E-state index in [0.717, 1.165) is 9.87 Å². The fourth-order valence-corrected chi connectivity index (χ4v) is 3.67. The highest BCUT2D eigenvalue weighted by Crippen LogP contribution is 2.27. The molecule has 6 heteroatoms. The van der Waals surface area contributed by atoms with Crippen LogP contribution in [0.4, 0.5) is 5.69 Å². The van der Waals surface area contributed by atoms with Gasteiger partial charge in [0.1, 0.15) is 6.54 Å². The monoisotopic (exact) mass is 319 g/mol. The third kappa shape index (κ3) is 3.28. The van der Waals surface area contributed by atoms with Crippen LogP contribution in [-0.2, 0) is 21.2 Å². The fourth-order valence-electron chi connectivity index (χ4n) is 2.20. The number of para-hydroxylation sites is 1. The third-order valence-corrected chi connectivity index (χ3v) is 5.03. The lowest BCUT2D eigenvalue weighted by Gasteiger charge is -2.24. The van der Waals surface area contributed by atoms with Crippen molar-refractivity contribution in [1.29, 1.82) is 0 Å². The molecule has 0 fully saturated rings. The van der Waals surface area contributed by atoms with Crippen molar-refractivity contribution in [3.63, 3.8) is 0 Å². The highest BCUT2D eigenvalue weighted by atomic mass is 32.2. The molecule has 0 radical (unpaired) electrons. The lowest BCUT2D eigenvalue weighted by Crippen LogP contribution is -2.36. The molecule has 0 aromatic heterocycles. The van der Waals surface area contributed by atoms with Gasteiger partial charge in [0.25, 0.3) is 10.0 Å². The van der Waals surface area contributed by atoms with E-state index in [0.29, 0.717) is 12.1 Å². The van der Waals surface area contributed by atoms with E-state index in [9.17, 15) is 13.2 Å². The summed E-state index contributed by atoms with van der Waals surface area (Å²) in [5.41, 5.74) is 1.18. The quantitative estimate of drug-likeness (QED) is 0.888. The van der Waals surface area contributed by atoms with Gasteiger partial charge in [-0.15, -0.1) is 0 Å². The zero-order chi connectivity index (χ0) is 16.2. The first-order valence-corrected chi connectivity index (χ1v) is 8.28. The van der Waals surface area contributed by atoms with Crippen molar-refractivity contribution in [2.45, 2.75) is 18.2 Å². The molecular formula is C16H17NO4S. The fraction of sp³-hybridized carbons (Fsp3) is 0.188. The van der Waals surface area contributed by atoms with Crippen LogP contribution < -0.4 is 4.31 Å². The van der Waals surface area contributed by atoms with Crippen LogP contribution in [0, 0.1) is 0 Å². The van der Waals surface area contributed by atoms with E-state index in [2.05, 4.69) is 0 Å². The van der Waals surface area contributed by atoms with Crippen molar-refractivity contribution < 1.29 is 18.3 Å². The number of nitrogens with zero attached hydrogens (tertiary/aromatic N) is 1. The molecule has 0 bridgehead atoms. The first kappa shape index (κ1) is 16.0. The van der Waals surface area contributed by atoms with Gasteiger partial charge in [-0.3, -0.25) is 9.10 Å². The molecule has 0 aliphatic rings. The second-order valence-corrected chi connectivity index (χ2v) is 6.56. The van der Waals surface area contributed by atoms with Gasteiger partial charge in [-0.25, -0.2) is 8.42 Å². The zero-order valence-corrected chi connectivity index (χ0v) is 13.0. The van der Waals surface area contributed by atoms with Crippen molar-refractivity contribution in [2.24, 2.45) is 0 Å². The first-order chi connectivity index (χ1) is 10.5. The van der Waals surface area contributed by atoms with E-state index in [4.69, 9.17) is 5.11 Å². The van der Waals surface area contributed by atoms with Gasteiger partial charge in [-0.1, -0.05) is 43.3 Å². The van der Waals surface area contributed by atoms with E-state index in [1.807, 2.05) is 6.92 Å². The van der Waals surface area contributed by atoms with E-state index in [1.165, 1.54) is 12.1 Å². The number of carbonyl (C=O) groups is 1. The average molecular weight is 319 g/mol. The number of rotatable bonds is 6. The van der Waals surface area contributed by atoms with Crippen molar-refractivity contribution in [3.8, 4) is 0 Å². The van der Waals surface area contributed by atoms with Gasteiger partial charge >= 0.3 is 5.97 Å². The largest absolute Gasteiger partial charge is 0.480 e. The zero-order valence-electron chi connectivity index (χ0n) is 12.1. The molecule has 116 valence electrons. The standard InChI is InChI=1S/C16H17NO4S/c1-2-13-8-6-7-11-15(13)17(12-16(18)19)22(20,21)14-9-4-3-5-10-14/h3-11H,2,12H2,1H3,(H,18,19). The number of aryl methyl sites for hydroxylation is 1. The molecular weight excluding hydrogens is 302 g/mol. The summed E-state index contributed by atoms with van der Waals surface area (Å²) in [5, 5.41) is 9.11. The van der Waals surface area contributed by atoms with Gasteiger partial charge in [0, 0.05) is 0 Å². The minimum Gasteiger partial charge on any atom is -0.480 e. The van der Waals surface area contributed by atoms with Crippen molar-refractivity contribution in [3.05, 3.63) is 60.2 Å². The smallest absolute Gasteiger partial charge is 0.324 e. The van der Waals surface area contributed by atoms with E-state index < -0.39 is 22.5 Å². The Bertz CT molecular complexity index is 757. The molecule has 0 atom stereocenters. The molecule has 1 N–H and O–H groups in total. The topological polar surface area (TPSA) is 74.7 Å². The van der Waals surface area contributed by atoms with Crippen LogP contribution in [0.5, 0.6) is 0 Å². The van der Waals surface area contributed by atoms with E-state index in [-0.39, 0.29) is 4.90 Å². The summed E-state index contributed by atoms with van der Waals surface area (Å²) in [7, 11) is -3.93. The Morgan fingerprint density at radius 1 is 1.05 bits per heavy atom. The number of sulfonamides is 1. The predicted molar refractivity (Wildman–Crippen MR) is 84.4 cm³/mol. The normalized spacial score (nSPS) is 11.1. The summed E-state index contributed by atoms with van der Waals surface area (Å²) < 4.78 is 26.5. The lowest BCUT2D eigenvalue weighted by atomic mass is 10.1. The van der Waals surface area contributed by atoms with Gasteiger partial charge in [-0.05, 0) is 30.2 Å². The number of hydrogen-bond donors (Lipinski definition) is 1. The molecule has 2 rings (SSSR count). The second kappa shape index (κ2) is 6.62. The van der Waals surface area contributed by atoms with E-state index in [1.54, 1.807) is 42.5 Å². The molecule has 0 aliphatic carbocycles. The van der Waals surface area contributed by atoms with Crippen LogP contribution >= 0.6 is 0 Å². The maximum atomic E-state index is 12.8. The van der Waals surface area contributed by atoms with Gasteiger partial charge in [-0.2, -0.15) is 0 Å². The van der Waals surface area contributed by atoms with Crippen LogP contribution in [-0.4, -0.2) is 26.0 Å². The maximum absolute atomic E-state index is 12.8. The van der Waals surface area contributed by atoms with Gasteiger partial charge < -0.3 is 5.11 Å². The Balaban J connectivity index is 2.58. The van der Waals surface area contributed by atoms with Gasteiger partial charge in [0.05, 0.1) is 10.6 Å². The molecule has 5 nitrogen and oxygen atoms in total. The molecule has 0 saturated carbocycles. The molecule has 2 aromatic rings. The summed E-state index contributed by atoms with van der Waals surface area (Å²) in [6.07, 6.45) is 0.608. The molecule has 0 aliphatic heterocycles. The number of carboxylic acids is 1. The minimum atomic E-state index is -3.93. The lowest BCUT2D eigenvalue weighted by molar-refractivity contribution is -0.135. The minimum absolute atomic E-state index is 0.0714. The van der Waals surface area contributed by atoms with Crippen LogP contribution in [0.15, 0.2) is 59.5 Å². The van der Waals surface area contributed by atoms with E-state index >= 15 is 0 Å². The summed E-state index contributed by atoms with van der Waals surface area (Å²) in [6.45, 7) is 1.28. The third-order valence-electron chi connectivity index (χ3n) is 3.25. The van der Waals surface area contributed by atoms with Gasteiger partial charge in [0.15, 0.2) is 0 Å². The molecule has 0 amide bonds. The molecule has 0 saturated heterocycles. The number of hydrogen-bond acceptors (Lipinski definition) is 3. The Hall–Kier alpha value is -2.34. The molecule has 0 unspecified atom stereocenters. The first-order valence-electron chi connectivity index (χ1n) is 6.84. The van der Waals surface area contributed by atoms with Crippen LogP contribution in [0.25, 0.3) is 0 Å². The Kier molecular flexibility index (Phi) is 4.82. The summed E-state index contributed by atoms with van der Waals surface area (Å²) in [4.78, 5) is 11.2. The van der Waals surface area contributed by atoms with Crippen LogP contribution in [0.2, 0.25) is 0 Å². The summed E-state index contributed by atoms with van der Waals surface area (Å²) >= 11 is 0. The van der Waals surface area contributed by atoms with Gasteiger partial charge in [0.2, 0.25) is 0 Å². The molecule has 2 aromatic carbocycles. The maximum Gasteiger partial charge on any atom is 0.324 e. The van der Waals surface area contributed by atoms with Crippen molar-refractivity contribution in [1.82, 2.24) is 0 Å². The number of anilines is 1. The summed E-state index contributed by atoms with van der Waals surface area (Å²) in [6, 6.07) is 14.8. The SMILES string of the molecule is CCc1ccccc1N(CC(=O)O)S(=O)(=O)c1ccccc1. The highest BCUT2D eigenvalue weighted by Gasteiger charge is 2.28. The Morgan fingerprint density at radius 3 is 2.23 bits per heavy atom. The summed E-state index contributed by atoms with van der Waals surface area (Å²) in [5.74, 6) is -1.20. The van der Waals surface area contributed by atoms with Crippen molar-refractivity contribution >= 4 is 21.7 Å². The second-order valence-electron chi connectivity index (χ2n) is 4.70. The average Bonchev–Trinajstić information content (AvgIpc) is 2.53.